The van der Waals surface area contributed by atoms with Crippen LogP contribution < -0.4 is 15.6 Å². The van der Waals surface area contributed by atoms with E-state index in [1.807, 2.05) is 44.2 Å². The van der Waals surface area contributed by atoms with Crippen LogP contribution in [0.3, 0.4) is 0 Å². The maximum absolute atomic E-state index is 12.5. The molecule has 2 aromatic carbocycles. The standard InChI is InChI=1S/C16H21N3O2S/c1-11-16(12(2)19-18-11)10-17-22(20,21)15-8-7-13-5-3-4-6-14(13)9-15/h3-9,11-12,16-19H,10H2,1-2H3. The molecule has 118 valence electrons. The molecular weight excluding hydrogens is 298 g/mol. The van der Waals surface area contributed by atoms with Gasteiger partial charge in [0, 0.05) is 24.5 Å². The molecule has 2 unspecified atom stereocenters. The van der Waals surface area contributed by atoms with E-state index >= 15 is 0 Å². The van der Waals surface area contributed by atoms with Gasteiger partial charge in [0.25, 0.3) is 0 Å². The van der Waals surface area contributed by atoms with Crippen LogP contribution in [0.25, 0.3) is 10.8 Å². The molecule has 0 saturated carbocycles. The average molecular weight is 319 g/mol. The summed E-state index contributed by atoms with van der Waals surface area (Å²) in [6.45, 7) is 4.51. The highest BCUT2D eigenvalue weighted by atomic mass is 32.2. The molecule has 3 rings (SSSR count). The van der Waals surface area contributed by atoms with Crippen molar-refractivity contribution < 1.29 is 8.42 Å². The van der Waals surface area contributed by atoms with Crippen LogP contribution >= 0.6 is 0 Å². The van der Waals surface area contributed by atoms with E-state index in [4.69, 9.17) is 0 Å². The number of nitrogens with one attached hydrogen (secondary N) is 3. The van der Waals surface area contributed by atoms with Gasteiger partial charge in [0.05, 0.1) is 4.90 Å². The second-order valence-electron chi connectivity index (χ2n) is 5.89. The molecule has 5 nitrogen and oxygen atoms in total. The van der Waals surface area contributed by atoms with Crippen LogP contribution in [-0.4, -0.2) is 27.0 Å². The van der Waals surface area contributed by atoms with Gasteiger partial charge in [0.1, 0.15) is 0 Å². The van der Waals surface area contributed by atoms with Crippen LogP contribution in [-0.2, 0) is 10.0 Å². The Bertz CT molecular complexity index is 766. The molecule has 0 aliphatic carbocycles. The zero-order valence-electron chi connectivity index (χ0n) is 12.7. The van der Waals surface area contributed by atoms with Gasteiger partial charge in [-0.2, -0.15) is 0 Å². The minimum atomic E-state index is -3.49. The highest BCUT2D eigenvalue weighted by Crippen LogP contribution is 2.20. The van der Waals surface area contributed by atoms with Crippen LogP contribution in [0.2, 0.25) is 0 Å². The Balaban J connectivity index is 1.79. The number of rotatable bonds is 4. The summed E-state index contributed by atoms with van der Waals surface area (Å²) in [5, 5.41) is 1.96. The van der Waals surface area contributed by atoms with E-state index in [1.165, 1.54) is 0 Å². The molecule has 1 fully saturated rings. The zero-order chi connectivity index (χ0) is 15.7. The molecule has 1 aliphatic heterocycles. The Hall–Kier alpha value is -1.47. The third-order valence-corrected chi connectivity index (χ3v) is 5.78. The van der Waals surface area contributed by atoms with Crippen LogP contribution in [0.5, 0.6) is 0 Å². The first-order valence-electron chi connectivity index (χ1n) is 7.47. The molecule has 6 heteroatoms. The summed E-state index contributed by atoms with van der Waals surface area (Å²) >= 11 is 0. The van der Waals surface area contributed by atoms with Crippen molar-refractivity contribution in [3.63, 3.8) is 0 Å². The number of benzene rings is 2. The van der Waals surface area contributed by atoms with Crippen LogP contribution in [0, 0.1) is 5.92 Å². The maximum atomic E-state index is 12.5. The van der Waals surface area contributed by atoms with Crippen LogP contribution in [0.4, 0.5) is 0 Å². The number of hydrazine groups is 1. The topological polar surface area (TPSA) is 70.2 Å². The van der Waals surface area contributed by atoms with Gasteiger partial charge in [0.2, 0.25) is 10.0 Å². The first-order chi connectivity index (χ1) is 10.5. The maximum Gasteiger partial charge on any atom is 0.240 e. The monoisotopic (exact) mass is 319 g/mol. The molecule has 0 aromatic heterocycles. The van der Waals surface area contributed by atoms with Crippen molar-refractivity contribution in [3.05, 3.63) is 42.5 Å². The molecule has 0 radical (unpaired) electrons. The Morgan fingerprint density at radius 2 is 1.64 bits per heavy atom. The normalized spacial score (nSPS) is 25.6. The lowest BCUT2D eigenvalue weighted by Crippen LogP contribution is -2.37. The van der Waals surface area contributed by atoms with Crippen molar-refractivity contribution in [2.24, 2.45) is 5.92 Å². The van der Waals surface area contributed by atoms with Crippen molar-refractivity contribution in [3.8, 4) is 0 Å². The second-order valence-corrected chi connectivity index (χ2v) is 7.66. The lowest BCUT2D eigenvalue weighted by atomic mass is 9.97. The lowest BCUT2D eigenvalue weighted by molar-refractivity contribution is 0.437. The van der Waals surface area contributed by atoms with E-state index in [2.05, 4.69) is 15.6 Å². The van der Waals surface area contributed by atoms with Gasteiger partial charge >= 0.3 is 0 Å². The quantitative estimate of drug-likeness (QED) is 0.801. The van der Waals surface area contributed by atoms with Crippen LogP contribution in [0.1, 0.15) is 13.8 Å². The van der Waals surface area contributed by atoms with E-state index in [-0.39, 0.29) is 18.0 Å². The fraction of sp³-hybridized carbons (Fsp3) is 0.375. The summed E-state index contributed by atoms with van der Waals surface area (Å²) < 4.78 is 27.7. The zero-order valence-corrected chi connectivity index (χ0v) is 13.5. The summed E-state index contributed by atoms with van der Waals surface area (Å²) in [6, 6.07) is 13.4. The molecule has 3 N–H and O–H groups in total. The van der Waals surface area contributed by atoms with Gasteiger partial charge < -0.3 is 0 Å². The van der Waals surface area contributed by atoms with E-state index < -0.39 is 10.0 Å². The molecule has 0 amide bonds. The Morgan fingerprint density at radius 3 is 2.32 bits per heavy atom. The molecular formula is C16H21N3O2S. The largest absolute Gasteiger partial charge is 0.254 e. The molecule has 22 heavy (non-hydrogen) atoms. The average Bonchev–Trinajstić information content (AvgIpc) is 2.83. The minimum absolute atomic E-state index is 0.218. The Kier molecular flexibility index (Phi) is 4.18. The molecule has 2 atom stereocenters. The number of sulfonamides is 1. The van der Waals surface area contributed by atoms with E-state index in [0.29, 0.717) is 11.4 Å². The highest BCUT2D eigenvalue weighted by Gasteiger charge is 2.30. The molecule has 1 saturated heterocycles. The predicted octanol–water partition coefficient (Wildman–Crippen LogP) is 1.62. The first kappa shape index (κ1) is 15.4. The molecule has 1 aliphatic rings. The van der Waals surface area contributed by atoms with Crippen molar-refractivity contribution in [1.82, 2.24) is 15.6 Å². The fourth-order valence-electron chi connectivity index (χ4n) is 2.89. The summed E-state index contributed by atoms with van der Waals surface area (Å²) in [7, 11) is -3.49. The smallest absolute Gasteiger partial charge is 0.240 e. The second kappa shape index (κ2) is 5.96. The first-order valence-corrected chi connectivity index (χ1v) is 8.95. The predicted molar refractivity (Wildman–Crippen MR) is 87.8 cm³/mol. The van der Waals surface area contributed by atoms with Crippen molar-refractivity contribution in [2.45, 2.75) is 30.8 Å². The molecule has 0 spiro atoms. The fourth-order valence-corrected chi connectivity index (χ4v) is 4.00. The Morgan fingerprint density at radius 1 is 1.00 bits per heavy atom. The van der Waals surface area contributed by atoms with E-state index in [0.717, 1.165) is 10.8 Å². The van der Waals surface area contributed by atoms with Crippen molar-refractivity contribution in [1.29, 1.82) is 0 Å². The summed E-state index contributed by atoms with van der Waals surface area (Å²) in [6.07, 6.45) is 0. The van der Waals surface area contributed by atoms with Gasteiger partial charge in [-0.25, -0.2) is 13.1 Å². The van der Waals surface area contributed by atoms with E-state index in [9.17, 15) is 8.42 Å². The van der Waals surface area contributed by atoms with E-state index in [1.54, 1.807) is 12.1 Å². The number of hydrogen-bond donors (Lipinski definition) is 3. The summed E-state index contributed by atoms with van der Waals surface area (Å²) in [4.78, 5) is 0.311. The van der Waals surface area contributed by atoms with Crippen LogP contribution in [0.15, 0.2) is 47.4 Å². The summed E-state index contributed by atoms with van der Waals surface area (Å²) in [5.74, 6) is 0.218. The summed E-state index contributed by atoms with van der Waals surface area (Å²) in [5.41, 5.74) is 6.27. The molecule has 2 aromatic rings. The number of hydrogen-bond acceptors (Lipinski definition) is 4. The SMILES string of the molecule is CC1NNC(C)C1CNS(=O)(=O)c1ccc2ccccc2c1. The molecule has 1 heterocycles. The minimum Gasteiger partial charge on any atom is -0.254 e. The Labute approximate surface area is 131 Å². The van der Waals surface area contributed by atoms with Crippen molar-refractivity contribution >= 4 is 20.8 Å². The van der Waals surface area contributed by atoms with Crippen molar-refractivity contribution in [2.75, 3.05) is 6.54 Å². The third-order valence-electron chi connectivity index (χ3n) is 4.36. The third kappa shape index (κ3) is 3.01. The lowest BCUT2D eigenvalue weighted by Gasteiger charge is -2.18. The van der Waals surface area contributed by atoms with Gasteiger partial charge in [-0.3, -0.25) is 10.9 Å². The number of fused-ring (bicyclic) bond motifs is 1. The van der Waals surface area contributed by atoms with Gasteiger partial charge in [-0.05, 0) is 36.8 Å². The molecule has 0 bridgehead atoms. The van der Waals surface area contributed by atoms with Gasteiger partial charge in [-0.15, -0.1) is 0 Å². The van der Waals surface area contributed by atoms with Gasteiger partial charge in [0.15, 0.2) is 0 Å². The van der Waals surface area contributed by atoms with Gasteiger partial charge in [-0.1, -0.05) is 30.3 Å². The highest BCUT2D eigenvalue weighted by molar-refractivity contribution is 7.89.